The molecule has 0 spiro atoms. The molecule has 3 rings (SSSR count). The summed E-state index contributed by atoms with van der Waals surface area (Å²) in [6, 6.07) is 7.74. The van der Waals surface area contributed by atoms with Crippen molar-refractivity contribution < 1.29 is 14.0 Å². The quantitative estimate of drug-likeness (QED) is 0.835. The lowest BCUT2D eigenvalue weighted by Gasteiger charge is -2.20. The van der Waals surface area contributed by atoms with Gasteiger partial charge in [-0.2, -0.15) is 11.8 Å². The number of furan rings is 1. The number of carbonyl (C=O) groups is 2. The first-order chi connectivity index (χ1) is 12.6. The Morgan fingerprint density at radius 3 is 2.65 bits per heavy atom. The van der Waals surface area contributed by atoms with E-state index in [0.717, 1.165) is 22.3 Å². The van der Waals surface area contributed by atoms with Gasteiger partial charge in [0.1, 0.15) is 5.58 Å². The molecule has 0 unspecified atom stereocenters. The van der Waals surface area contributed by atoms with Crippen molar-refractivity contribution in [3.63, 3.8) is 0 Å². The minimum Gasteiger partial charge on any atom is -0.451 e. The third-order valence-electron chi connectivity index (χ3n) is 4.82. The molecule has 140 valence electrons. The van der Waals surface area contributed by atoms with Crippen LogP contribution in [0.3, 0.4) is 0 Å². The fourth-order valence-electron chi connectivity index (χ4n) is 3.25. The molecular weight excluding hydrogens is 348 g/mol. The van der Waals surface area contributed by atoms with E-state index in [4.69, 9.17) is 4.42 Å². The van der Waals surface area contributed by atoms with E-state index in [1.54, 1.807) is 14.1 Å². The number of rotatable bonds is 6. The summed E-state index contributed by atoms with van der Waals surface area (Å²) in [5.41, 5.74) is 1.65. The smallest absolute Gasteiger partial charge is 0.287 e. The Morgan fingerprint density at radius 1 is 1.19 bits per heavy atom. The highest BCUT2D eigenvalue weighted by Gasteiger charge is 2.23. The fraction of sp³-hybridized carbons (Fsp3) is 0.500. The van der Waals surface area contributed by atoms with Gasteiger partial charge >= 0.3 is 0 Å². The molecule has 1 aromatic carbocycles. The van der Waals surface area contributed by atoms with Crippen molar-refractivity contribution in [2.45, 2.75) is 43.1 Å². The maximum Gasteiger partial charge on any atom is 0.287 e. The van der Waals surface area contributed by atoms with Gasteiger partial charge in [-0.05, 0) is 18.9 Å². The van der Waals surface area contributed by atoms with Crippen LogP contribution in [0.4, 0.5) is 0 Å². The van der Waals surface area contributed by atoms with Crippen LogP contribution in [-0.2, 0) is 10.5 Å². The van der Waals surface area contributed by atoms with E-state index >= 15 is 0 Å². The molecule has 1 saturated carbocycles. The molecule has 1 aromatic heterocycles. The Hall–Kier alpha value is -1.95. The fourth-order valence-corrected chi connectivity index (χ4v) is 4.61. The summed E-state index contributed by atoms with van der Waals surface area (Å²) in [6.07, 6.45) is 6.42. The van der Waals surface area contributed by atoms with Crippen molar-refractivity contribution in [3.05, 3.63) is 35.6 Å². The molecular formula is C20H26N2O3S. The van der Waals surface area contributed by atoms with Crippen molar-refractivity contribution in [1.82, 2.24) is 10.2 Å². The van der Waals surface area contributed by atoms with E-state index in [2.05, 4.69) is 5.32 Å². The first-order valence-electron chi connectivity index (χ1n) is 9.16. The number of likely N-dealkylation sites (N-methyl/N-ethyl adjacent to an activating group) is 1. The maximum atomic E-state index is 12.6. The van der Waals surface area contributed by atoms with Gasteiger partial charge in [0.15, 0.2) is 5.76 Å². The van der Waals surface area contributed by atoms with Crippen molar-refractivity contribution in [2.24, 2.45) is 0 Å². The topological polar surface area (TPSA) is 62.6 Å². The van der Waals surface area contributed by atoms with Crippen LogP contribution in [0.2, 0.25) is 0 Å². The molecule has 26 heavy (non-hydrogen) atoms. The first kappa shape index (κ1) is 18.8. The van der Waals surface area contributed by atoms with Gasteiger partial charge in [0.05, 0.1) is 6.54 Å². The number of fused-ring (bicyclic) bond motifs is 1. The van der Waals surface area contributed by atoms with E-state index in [1.165, 1.54) is 37.0 Å². The van der Waals surface area contributed by atoms with E-state index in [0.29, 0.717) is 11.0 Å². The van der Waals surface area contributed by atoms with Crippen LogP contribution >= 0.6 is 11.8 Å². The second-order valence-corrected chi connectivity index (χ2v) is 8.24. The number of para-hydroxylation sites is 1. The molecule has 0 saturated heterocycles. The highest BCUT2D eigenvalue weighted by molar-refractivity contribution is 7.99. The normalized spacial score (nSPS) is 15.2. The number of nitrogens with one attached hydrogen (secondary N) is 1. The Bertz CT molecular complexity index is 778. The largest absolute Gasteiger partial charge is 0.451 e. The standard InChI is InChI=1S/C20H26N2O3S/c1-22(2)18(23)12-21-20(24)19-16(13-26-14-8-4-3-5-9-14)15-10-6-7-11-17(15)25-19/h6-7,10-11,14H,3-5,8-9,12-13H2,1-2H3,(H,21,24). The van der Waals surface area contributed by atoms with E-state index < -0.39 is 0 Å². The van der Waals surface area contributed by atoms with Gasteiger partial charge in [-0.3, -0.25) is 9.59 Å². The molecule has 1 N–H and O–H groups in total. The molecule has 1 aliphatic rings. The lowest BCUT2D eigenvalue weighted by molar-refractivity contribution is -0.127. The van der Waals surface area contributed by atoms with Gasteiger partial charge in [0.2, 0.25) is 5.91 Å². The highest BCUT2D eigenvalue weighted by Crippen LogP contribution is 2.34. The van der Waals surface area contributed by atoms with Crippen LogP contribution in [-0.4, -0.2) is 42.6 Å². The summed E-state index contributed by atoms with van der Waals surface area (Å²) < 4.78 is 5.84. The Kier molecular flexibility index (Phi) is 6.25. The van der Waals surface area contributed by atoms with Gasteiger partial charge in [-0.1, -0.05) is 37.5 Å². The number of benzene rings is 1. The summed E-state index contributed by atoms with van der Waals surface area (Å²) in [5.74, 6) is 0.621. The number of nitrogens with zero attached hydrogens (tertiary/aromatic N) is 1. The minimum absolute atomic E-state index is 0.0297. The molecule has 5 nitrogen and oxygen atoms in total. The van der Waals surface area contributed by atoms with E-state index in [9.17, 15) is 9.59 Å². The zero-order chi connectivity index (χ0) is 18.5. The van der Waals surface area contributed by atoms with Crippen molar-refractivity contribution >= 4 is 34.5 Å². The minimum atomic E-state index is -0.323. The lowest BCUT2D eigenvalue weighted by Crippen LogP contribution is -2.36. The van der Waals surface area contributed by atoms with Gasteiger partial charge < -0.3 is 14.6 Å². The molecule has 0 radical (unpaired) electrons. The second kappa shape index (κ2) is 8.62. The lowest BCUT2D eigenvalue weighted by atomic mass is 10.0. The summed E-state index contributed by atoms with van der Waals surface area (Å²) in [6.45, 7) is -0.0297. The highest BCUT2D eigenvalue weighted by atomic mass is 32.2. The van der Waals surface area contributed by atoms with Crippen LogP contribution in [0.5, 0.6) is 0 Å². The molecule has 0 bridgehead atoms. The van der Waals surface area contributed by atoms with Gasteiger partial charge in [-0.15, -0.1) is 0 Å². The van der Waals surface area contributed by atoms with Gasteiger partial charge in [0, 0.05) is 36.0 Å². The summed E-state index contributed by atoms with van der Waals surface area (Å²) >= 11 is 1.92. The summed E-state index contributed by atoms with van der Waals surface area (Å²) in [5, 5.41) is 4.33. The average Bonchev–Trinajstić information content (AvgIpc) is 3.03. The zero-order valence-corrected chi connectivity index (χ0v) is 16.2. The van der Waals surface area contributed by atoms with Gasteiger partial charge in [0.25, 0.3) is 5.91 Å². The van der Waals surface area contributed by atoms with Crippen LogP contribution in [0.25, 0.3) is 11.0 Å². The molecule has 2 aromatic rings. The molecule has 1 heterocycles. The van der Waals surface area contributed by atoms with Gasteiger partial charge in [-0.25, -0.2) is 0 Å². The van der Waals surface area contributed by atoms with Crippen molar-refractivity contribution in [2.75, 3.05) is 20.6 Å². The third kappa shape index (κ3) is 4.41. The molecule has 1 fully saturated rings. The predicted octanol–water partition coefficient (Wildman–Crippen LogP) is 3.82. The molecule has 0 atom stereocenters. The Morgan fingerprint density at radius 2 is 1.92 bits per heavy atom. The first-order valence-corrected chi connectivity index (χ1v) is 10.2. The number of hydrogen-bond donors (Lipinski definition) is 1. The third-order valence-corrected chi connectivity index (χ3v) is 6.22. The van der Waals surface area contributed by atoms with Crippen LogP contribution < -0.4 is 5.32 Å². The number of thioether (sulfide) groups is 1. The van der Waals surface area contributed by atoms with Crippen LogP contribution in [0.15, 0.2) is 28.7 Å². The summed E-state index contributed by atoms with van der Waals surface area (Å²) in [7, 11) is 3.34. The Balaban J connectivity index is 1.77. The number of amides is 2. The molecule has 0 aliphatic heterocycles. The van der Waals surface area contributed by atoms with Crippen LogP contribution in [0, 0.1) is 0 Å². The molecule has 1 aliphatic carbocycles. The number of carbonyl (C=O) groups excluding carboxylic acids is 2. The monoisotopic (exact) mass is 374 g/mol. The average molecular weight is 375 g/mol. The SMILES string of the molecule is CN(C)C(=O)CNC(=O)c1oc2ccccc2c1CSC1CCCCC1. The van der Waals surface area contributed by atoms with Crippen LogP contribution in [0.1, 0.15) is 48.2 Å². The summed E-state index contributed by atoms with van der Waals surface area (Å²) in [4.78, 5) is 25.8. The molecule has 6 heteroatoms. The second-order valence-electron chi connectivity index (χ2n) is 6.95. The predicted molar refractivity (Wildman–Crippen MR) is 105 cm³/mol. The van der Waals surface area contributed by atoms with Crippen molar-refractivity contribution in [1.29, 1.82) is 0 Å². The zero-order valence-electron chi connectivity index (χ0n) is 15.4. The maximum absolute atomic E-state index is 12.6. The van der Waals surface area contributed by atoms with Crippen molar-refractivity contribution in [3.8, 4) is 0 Å². The Labute approximate surface area is 158 Å². The van der Waals surface area contributed by atoms with E-state index in [-0.39, 0.29) is 18.4 Å². The van der Waals surface area contributed by atoms with E-state index in [1.807, 2.05) is 36.0 Å². The number of hydrogen-bond acceptors (Lipinski definition) is 4. The molecule has 2 amide bonds.